The summed E-state index contributed by atoms with van der Waals surface area (Å²) < 4.78 is 30.4. The van der Waals surface area contributed by atoms with Crippen molar-refractivity contribution in [3.8, 4) is 11.8 Å². The molecular formula is C22H20N4O2S. The zero-order valence-electron chi connectivity index (χ0n) is 16.1. The second-order valence-electron chi connectivity index (χ2n) is 6.84. The van der Waals surface area contributed by atoms with Gasteiger partial charge in [-0.15, -0.1) is 0 Å². The quantitative estimate of drug-likeness (QED) is 0.666. The zero-order valence-corrected chi connectivity index (χ0v) is 16.9. The molecule has 7 heteroatoms. The van der Waals surface area contributed by atoms with Crippen LogP contribution in [0.4, 0.5) is 5.69 Å². The number of aromatic nitrogens is 2. The highest BCUT2D eigenvalue weighted by Gasteiger charge is 2.36. The van der Waals surface area contributed by atoms with Crippen molar-refractivity contribution in [2.24, 2.45) is 12.8 Å². The summed E-state index contributed by atoms with van der Waals surface area (Å²) in [5, 5.41) is 4.09. The van der Waals surface area contributed by atoms with Gasteiger partial charge in [0.15, 0.2) is 0 Å². The minimum absolute atomic E-state index is 0.185. The van der Waals surface area contributed by atoms with Crippen LogP contribution in [0.15, 0.2) is 71.5 Å². The third-order valence-electron chi connectivity index (χ3n) is 4.59. The summed E-state index contributed by atoms with van der Waals surface area (Å²) in [6, 6.07) is 13.8. The van der Waals surface area contributed by atoms with Crippen LogP contribution < -0.4 is 10.0 Å². The van der Waals surface area contributed by atoms with Gasteiger partial charge >= 0.3 is 0 Å². The summed E-state index contributed by atoms with van der Waals surface area (Å²) in [7, 11) is -2.09. The smallest absolute Gasteiger partial charge is 0.270 e. The molecule has 1 aliphatic heterocycles. The Hall–Kier alpha value is -3.34. The molecule has 29 heavy (non-hydrogen) atoms. The largest absolute Gasteiger partial charge is 0.323 e. The van der Waals surface area contributed by atoms with Crippen molar-refractivity contribution in [1.29, 1.82) is 0 Å². The maximum atomic E-state index is 13.7. The Balaban J connectivity index is 1.93. The molecule has 0 saturated heterocycles. The van der Waals surface area contributed by atoms with Gasteiger partial charge in [-0.25, -0.2) is 12.7 Å². The molecule has 0 bridgehead atoms. The molecule has 146 valence electrons. The minimum Gasteiger partial charge on any atom is -0.323 e. The number of para-hydroxylation sites is 1. The minimum atomic E-state index is -3.90. The number of nitrogens with two attached hydrogens (primary N) is 1. The predicted molar refractivity (Wildman–Crippen MR) is 113 cm³/mol. The Morgan fingerprint density at radius 1 is 1.07 bits per heavy atom. The summed E-state index contributed by atoms with van der Waals surface area (Å²) in [5.41, 5.74) is 8.93. The van der Waals surface area contributed by atoms with Gasteiger partial charge in [-0.1, -0.05) is 42.2 Å². The van der Waals surface area contributed by atoms with Crippen molar-refractivity contribution < 1.29 is 8.42 Å². The maximum Gasteiger partial charge on any atom is 0.270 e. The van der Waals surface area contributed by atoms with E-state index in [1.54, 1.807) is 73.5 Å². The number of rotatable bonds is 2. The Labute approximate surface area is 170 Å². The van der Waals surface area contributed by atoms with Crippen LogP contribution in [0.2, 0.25) is 0 Å². The maximum absolute atomic E-state index is 13.7. The normalized spacial score (nSPS) is 15.7. The van der Waals surface area contributed by atoms with Crippen molar-refractivity contribution in [1.82, 2.24) is 9.78 Å². The Morgan fingerprint density at radius 2 is 1.83 bits per heavy atom. The highest BCUT2D eigenvalue weighted by molar-refractivity contribution is 7.93. The van der Waals surface area contributed by atoms with Crippen molar-refractivity contribution in [3.63, 3.8) is 0 Å². The fourth-order valence-electron chi connectivity index (χ4n) is 3.30. The summed E-state index contributed by atoms with van der Waals surface area (Å²) in [5.74, 6) is 6.00. The van der Waals surface area contributed by atoms with E-state index in [1.165, 1.54) is 4.31 Å². The third kappa shape index (κ3) is 3.44. The first kappa shape index (κ1) is 19.0. The molecule has 6 nitrogen and oxygen atoms in total. The number of anilines is 1. The first-order valence-electron chi connectivity index (χ1n) is 9.09. The first-order chi connectivity index (χ1) is 13.9. The molecule has 3 aromatic rings. The molecule has 0 radical (unpaired) electrons. The molecule has 1 atom stereocenters. The van der Waals surface area contributed by atoms with Gasteiger partial charge in [0.2, 0.25) is 0 Å². The molecule has 0 spiro atoms. The molecule has 2 aromatic carbocycles. The highest BCUT2D eigenvalue weighted by atomic mass is 32.2. The van der Waals surface area contributed by atoms with Crippen LogP contribution in [0.3, 0.4) is 0 Å². The van der Waals surface area contributed by atoms with Crippen LogP contribution >= 0.6 is 0 Å². The monoisotopic (exact) mass is 404 g/mol. The second-order valence-corrected chi connectivity index (χ2v) is 8.56. The number of nitrogens with zero attached hydrogens (tertiary/aromatic N) is 3. The Kier molecular flexibility index (Phi) is 4.74. The molecule has 0 fully saturated rings. The Morgan fingerprint density at radius 3 is 2.48 bits per heavy atom. The molecular weight excluding hydrogens is 384 g/mol. The topological polar surface area (TPSA) is 81.2 Å². The molecule has 0 unspecified atom stereocenters. The van der Waals surface area contributed by atoms with Crippen LogP contribution in [-0.2, 0) is 17.1 Å². The van der Waals surface area contributed by atoms with Gasteiger partial charge in [0.05, 0.1) is 23.1 Å². The lowest BCUT2D eigenvalue weighted by molar-refractivity contribution is 0.591. The number of aryl methyl sites for hydroxylation is 1. The van der Waals surface area contributed by atoms with Gasteiger partial charge in [0.1, 0.15) is 4.90 Å². The van der Waals surface area contributed by atoms with E-state index in [0.717, 1.165) is 0 Å². The third-order valence-corrected chi connectivity index (χ3v) is 6.46. The van der Waals surface area contributed by atoms with E-state index >= 15 is 0 Å². The van der Waals surface area contributed by atoms with Crippen LogP contribution in [0.5, 0.6) is 0 Å². The number of hydrogen-bond acceptors (Lipinski definition) is 4. The Bertz CT molecular complexity index is 1260. The second kappa shape index (κ2) is 7.24. The first-order valence-corrected chi connectivity index (χ1v) is 10.5. The summed E-state index contributed by atoms with van der Waals surface area (Å²) in [6.07, 6.45) is 5.24. The zero-order chi connectivity index (χ0) is 20.6. The van der Waals surface area contributed by atoms with Crippen molar-refractivity contribution >= 4 is 21.8 Å². The molecule has 1 aromatic heterocycles. The van der Waals surface area contributed by atoms with Gasteiger partial charge in [0, 0.05) is 24.8 Å². The molecule has 0 aliphatic carbocycles. The standard InChI is InChI=1S/C22H20N4O2S/c1-16(23)21-13-19-8-6-7-18(12-11-17-14-24-25(2)15-17)22(19)29(27,28)26(21)20-9-4-3-5-10-20/h3-10,13-16H,23H2,1-2H3/t16-/m0/s1. The van der Waals surface area contributed by atoms with Crippen LogP contribution in [-0.4, -0.2) is 24.2 Å². The number of sulfonamides is 1. The van der Waals surface area contributed by atoms with E-state index in [1.807, 2.05) is 12.1 Å². The number of benzene rings is 2. The average Bonchev–Trinajstić information content (AvgIpc) is 3.11. The molecule has 1 aliphatic rings. The molecule has 4 rings (SSSR count). The van der Waals surface area contributed by atoms with Gasteiger partial charge in [-0.2, -0.15) is 5.10 Å². The SMILES string of the molecule is C[C@H](N)C1=Cc2cccc(C#Cc3cnn(C)c3)c2S(=O)(=O)N1c1ccccc1. The van der Waals surface area contributed by atoms with Crippen molar-refractivity contribution in [3.05, 3.63) is 83.3 Å². The fraction of sp³-hybridized carbons (Fsp3) is 0.136. The molecule has 0 amide bonds. The van der Waals surface area contributed by atoms with Crippen molar-refractivity contribution in [2.45, 2.75) is 17.9 Å². The fourth-order valence-corrected chi connectivity index (χ4v) is 5.20. The lowest BCUT2D eigenvalue weighted by atomic mass is 10.1. The van der Waals surface area contributed by atoms with Crippen LogP contribution in [0, 0.1) is 11.8 Å². The summed E-state index contributed by atoms with van der Waals surface area (Å²) in [4.78, 5) is 0.185. The number of fused-ring (bicyclic) bond motifs is 1. The number of hydrogen-bond donors (Lipinski definition) is 1. The lowest BCUT2D eigenvalue weighted by Gasteiger charge is -2.33. The van der Waals surface area contributed by atoms with E-state index < -0.39 is 16.1 Å². The van der Waals surface area contributed by atoms with Gasteiger partial charge < -0.3 is 5.73 Å². The van der Waals surface area contributed by atoms with E-state index in [9.17, 15) is 8.42 Å². The van der Waals surface area contributed by atoms with Gasteiger partial charge in [-0.05, 0) is 36.8 Å². The van der Waals surface area contributed by atoms with E-state index in [2.05, 4.69) is 16.9 Å². The van der Waals surface area contributed by atoms with E-state index in [4.69, 9.17) is 5.73 Å². The summed E-state index contributed by atoms with van der Waals surface area (Å²) >= 11 is 0. The van der Waals surface area contributed by atoms with Crippen molar-refractivity contribution in [2.75, 3.05) is 4.31 Å². The van der Waals surface area contributed by atoms with E-state index in [-0.39, 0.29) is 4.90 Å². The molecule has 2 N–H and O–H groups in total. The van der Waals surface area contributed by atoms with Crippen LogP contribution in [0.25, 0.3) is 6.08 Å². The lowest BCUT2D eigenvalue weighted by Crippen LogP contribution is -2.40. The van der Waals surface area contributed by atoms with Gasteiger partial charge in [-0.3, -0.25) is 4.68 Å². The summed E-state index contributed by atoms with van der Waals surface area (Å²) in [6.45, 7) is 1.77. The highest BCUT2D eigenvalue weighted by Crippen LogP contribution is 2.37. The average molecular weight is 404 g/mol. The predicted octanol–water partition coefficient (Wildman–Crippen LogP) is 2.72. The van der Waals surface area contributed by atoms with E-state index in [0.29, 0.717) is 28.1 Å². The molecule has 0 saturated carbocycles. The van der Waals surface area contributed by atoms with Gasteiger partial charge in [0.25, 0.3) is 10.0 Å². The molecule has 2 heterocycles. The van der Waals surface area contributed by atoms with Crippen LogP contribution in [0.1, 0.15) is 23.6 Å².